The van der Waals surface area contributed by atoms with Crippen molar-refractivity contribution in [1.29, 1.82) is 0 Å². The van der Waals surface area contributed by atoms with Gasteiger partial charge in [-0.2, -0.15) is 0 Å². The van der Waals surface area contributed by atoms with Gasteiger partial charge in [-0.15, -0.1) is 0 Å². The molecule has 20 heavy (non-hydrogen) atoms. The molecule has 0 aromatic heterocycles. The van der Waals surface area contributed by atoms with Gasteiger partial charge in [0.25, 0.3) is 0 Å². The van der Waals surface area contributed by atoms with E-state index in [0.717, 1.165) is 5.75 Å². The highest BCUT2D eigenvalue weighted by molar-refractivity contribution is 7.95. The minimum atomic E-state index is -1.24. The van der Waals surface area contributed by atoms with Gasteiger partial charge in [0.15, 0.2) is 0 Å². The van der Waals surface area contributed by atoms with Crippen molar-refractivity contribution in [2.75, 3.05) is 23.6 Å². The fourth-order valence-electron chi connectivity index (χ4n) is 1.53. The number of hydrogen-bond donors (Lipinski definition) is 3. The number of rotatable bonds is 6. The summed E-state index contributed by atoms with van der Waals surface area (Å²) in [4.78, 5) is 22.7. The molecule has 3 N–H and O–H groups in total. The maximum atomic E-state index is 12.8. The van der Waals surface area contributed by atoms with Crippen LogP contribution in [0.25, 0.3) is 0 Å². The highest BCUT2D eigenvalue weighted by Crippen LogP contribution is 2.09. The molecule has 1 unspecified atom stereocenters. The predicted octanol–water partition coefficient (Wildman–Crippen LogP) is 1.67. The zero-order chi connectivity index (χ0) is 15.1. The Hall–Kier alpha value is -1.76. The molecule has 0 heterocycles. The molecule has 0 saturated carbocycles. The molecular formula is C13H18FN2O3S+. The van der Waals surface area contributed by atoms with Crippen LogP contribution in [-0.2, 0) is 15.7 Å². The quantitative estimate of drug-likeness (QED) is 0.699. The Balaban J connectivity index is 2.66. The van der Waals surface area contributed by atoms with E-state index in [0.29, 0.717) is 12.1 Å². The Labute approximate surface area is 119 Å². The van der Waals surface area contributed by atoms with Crippen molar-refractivity contribution in [2.24, 2.45) is 0 Å². The Morgan fingerprint density at radius 2 is 1.90 bits per heavy atom. The second-order valence-electron chi connectivity index (χ2n) is 4.48. The molecule has 7 heteroatoms. The van der Waals surface area contributed by atoms with E-state index in [1.165, 1.54) is 24.3 Å². The lowest BCUT2D eigenvalue weighted by molar-refractivity contribution is -0.118. The minimum Gasteiger partial charge on any atom is -0.465 e. The van der Waals surface area contributed by atoms with Crippen molar-refractivity contribution in [3.63, 3.8) is 0 Å². The van der Waals surface area contributed by atoms with Crippen LogP contribution >= 0.6 is 0 Å². The van der Waals surface area contributed by atoms with E-state index in [2.05, 4.69) is 10.6 Å². The number of benzene rings is 1. The van der Waals surface area contributed by atoms with Gasteiger partial charge in [-0.3, -0.25) is 4.79 Å². The van der Waals surface area contributed by atoms with Gasteiger partial charge in [-0.1, -0.05) is 0 Å². The van der Waals surface area contributed by atoms with Crippen molar-refractivity contribution in [2.45, 2.75) is 12.5 Å². The predicted molar refractivity (Wildman–Crippen MR) is 78.7 cm³/mol. The standard InChI is InChI=1S/C13H17FN2O3S/c1-20(2)8-7-11(16-13(18)19)12(17)15-10-5-3-9(14)4-6-10/h3-6,11,16H,7-8H2,1-2H3,(H-,15,17,18,19)/p+1. The van der Waals surface area contributed by atoms with Gasteiger partial charge in [0.1, 0.15) is 17.6 Å². The maximum absolute atomic E-state index is 12.8. The molecule has 0 aliphatic carbocycles. The highest BCUT2D eigenvalue weighted by Gasteiger charge is 2.22. The summed E-state index contributed by atoms with van der Waals surface area (Å²) < 4.78 is 12.8. The van der Waals surface area contributed by atoms with Crippen molar-refractivity contribution in [1.82, 2.24) is 5.32 Å². The summed E-state index contributed by atoms with van der Waals surface area (Å²) in [6.07, 6.45) is 3.23. The lowest BCUT2D eigenvalue weighted by Gasteiger charge is -2.15. The Morgan fingerprint density at radius 1 is 1.30 bits per heavy atom. The van der Waals surface area contributed by atoms with Crippen molar-refractivity contribution >= 4 is 28.6 Å². The van der Waals surface area contributed by atoms with Crippen LogP contribution in [0.15, 0.2) is 24.3 Å². The molecule has 0 aliphatic heterocycles. The number of carbonyl (C=O) groups is 2. The lowest BCUT2D eigenvalue weighted by Crippen LogP contribution is -2.44. The summed E-state index contributed by atoms with van der Waals surface area (Å²) in [7, 11) is 0.120. The molecule has 2 amide bonds. The van der Waals surface area contributed by atoms with Gasteiger partial charge in [-0.25, -0.2) is 9.18 Å². The number of hydrogen-bond acceptors (Lipinski definition) is 2. The first-order valence-corrected chi connectivity index (χ1v) is 8.19. The average Bonchev–Trinajstić information content (AvgIpc) is 2.36. The molecule has 0 aliphatic rings. The maximum Gasteiger partial charge on any atom is 0.405 e. The molecule has 110 valence electrons. The Morgan fingerprint density at radius 3 is 2.40 bits per heavy atom. The van der Waals surface area contributed by atoms with E-state index < -0.39 is 23.9 Å². The molecule has 0 radical (unpaired) electrons. The summed E-state index contributed by atoms with van der Waals surface area (Å²) >= 11 is 0. The summed E-state index contributed by atoms with van der Waals surface area (Å²) in [5.41, 5.74) is 0.431. The van der Waals surface area contributed by atoms with Gasteiger partial charge in [0.2, 0.25) is 5.91 Å². The summed E-state index contributed by atoms with van der Waals surface area (Å²) in [6.45, 7) is 0. The third kappa shape index (κ3) is 5.92. The van der Waals surface area contributed by atoms with Crippen LogP contribution in [0, 0.1) is 5.82 Å². The second kappa shape index (κ2) is 7.74. The summed E-state index contributed by atoms with van der Waals surface area (Å²) in [5, 5.41) is 13.5. The van der Waals surface area contributed by atoms with Gasteiger partial charge in [0.05, 0.1) is 12.5 Å². The molecule has 0 spiro atoms. The number of amides is 2. The van der Waals surface area contributed by atoms with E-state index in [9.17, 15) is 14.0 Å². The van der Waals surface area contributed by atoms with E-state index in [-0.39, 0.29) is 10.9 Å². The summed E-state index contributed by atoms with van der Waals surface area (Å²) in [5.74, 6) is -0.0874. The zero-order valence-corrected chi connectivity index (χ0v) is 12.2. The topological polar surface area (TPSA) is 78.4 Å². The second-order valence-corrected chi connectivity index (χ2v) is 6.86. The third-order valence-corrected chi connectivity index (χ3v) is 3.59. The fourth-order valence-corrected chi connectivity index (χ4v) is 2.24. The van der Waals surface area contributed by atoms with Gasteiger partial charge in [0, 0.05) is 12.1 Å². The van der Waals surface area contributed by atoms with E-state index in [4.69, 9.17) is 5.11 Å². The molecule has 1 rings (SSSR count). The van der Waals surface area contributed by atoms with Crippen molar-refractivity contribution < 1.29 is 19.1 Å². The normalized spacial score (nSPS) is 12.0. The molecule has 0 fully saturated rings. The van der Waals surface area contributed by atoms with Gasteiger partial charge in [-0.05, 0) is 35.2 Å². The largest absolute Gasteiger partial charge is 0.465 e. The Bertz CT molecular complexity index is 465. The monoisotopic (exact) mass is 301 g/mol. The highest BCUT2D eigenvalue weighted by atomic mass is 32.2. The lowest BCUT2D eigenvalue weighted by atomic mass is 10.2. The first kappa shape index (κ1) is 16.3. The zero-order valence-electron chi connectivity index (χ0n) is 11.4. The summed E-state index contributed by atoms with van der Waals surface area (Å²) in [6, 6.07) is 4.49. The van der Waals surface area contributed by atoms with Crippen molar-refractivity contribution in [3.05, 3.63) is 30.1 Å². The van der Waals surface area contributed by atoms with E-state index in [1.807, 2.05) is 12.5 Å². The number of anilines is 1. The molecule has 0 saturated heterocycles. The SMILES string of the molecule is C[S+](C)CCC(NC(=O)O)C(=O)Nc1ccc(F)cc1. The molecule has 5 nitrogen and oxygen atoms in total. The van der Waals surface area contributed by atoms with Crippen LogP contribution in [-0.4, -0.2) is 41.4 Å². The molecule has 1 atom stereocenters. The smallest absolute Gasteiger partial charge is 0.405 e. The fraction of sp³-hybridized carbons (Fsp3) is 0.385. The van der Waals surface area contributed by atoms with Crippen LogP contribution < -0.4 is 10.6 Å². The number of carboxylic acid groups (broad SMARTS) is 1. The van der Waals surface area contributed by atoms with Gasteiger partial charge < -0.3 is 15.7 Å². The van der Waals surface area contributed by atoms with Crippen LogP contribution in [0.2, 0.25) is 0 Å². The van der Waals surface area contributed by atoms with E-state index >= 15 is 0 Å². The number of halogens is 1. The van der Waals surface area contributed by atoms with Crippen LogP contribution in [0.1, 0.15) is 6.42 Å². The molecule has 1 aromatic carbocycles. The number of carbonyl (C=O) groups excluding carboxylic acids is 1. The number of nitrogens with one attached hydrogen (secondary N) is 2. The Kier molecular flexibility index (Phi) is 6.30. The van der Waals surface area contributed by atoms with Crippen molar-refractivity contribution in [3.8, 4) is 0 Å². The molecular weight excluding hydrogens is 283 g/mol. The van der Waals surface area contributed by atoms with Crippen LogP contribution in [0.3, 0.4) is 0 Å². The van der Waals surface area contributed by atoms with Crippen LogP contribution in [0.5, 0.6) is 0 Å². The first-order chi connectivity index (χ1) is 9.38. The van der Waals surface area contributed by atoms with Crippen LogP contribution in [0.4, 0.5) is 14.9 Å². The third-order valence-electron chi connectivity index (χ3n) is 2.54. The van der Waals surface area contributed by atoms with E-state index in [1.54, 1.807) is 0 Å². The first-order valence-electron chi connectivity index (χ1n) is 5.98. The molecule has 1 aromatic rings. The minimum absolute atomic E-state index is 0.120. The van der Waals surface area contributed by atoms with Gasteiger partial charge >= 0.3 is 6.09 Å². The molecule has 0 bridgehead atoms. The average molecular weight is 301 g/mol.